The fourth-order valence-electron chi connectivity index (χ4n) is 2.18. The Hall–Kier alpha value is -3.15. The summed E-state index contributed by atoms with van der Waals surface area (Å²) in [5.74, 6) is 0.0360. The second-order valence-electron chi connectivity index (χ2n) is 5.36. The molecule has 5 nitrogen and oxygen atoms in total. The highest BCUT2D eigenvalue weighted by atomic mass is 19.1. The molecule has 0 aliphatic rings. The second-order valence-corrected chi connectivity index (χ2v) is 5.36. The monoisotopic (exact) mass is 357 g/mol. The molecule has 0 atom stereocenters. The lowest BCUT2D eigenvalue weighted by Gasteiger charge is -2.11. The lowest BCUT2D eigenvalue weighted by molar-refractivity contribution is -0.123. The molecule has 0 aromatic heterocycles. The lowest BCUT2D eigenvalue weighted by atomic mass is 10.1. The van der Waals surface area contributed by atoms with Crippen molar-refractivity contribution >= 4 is 17.8 Å². The fourth-order valence-corrected chi connectivity index (χ4v) is 2.18. The van der Waals surface area contributed by atoms with Crippen LogP contribution in [0.15, 0.2) is 48.5 Å². The number of methoxy groups -OCH3 is 1. The van der Waals surface area contributed by atoms with E-state index in [1.165, 1.54) is 37.5 Å². The van der Waals surface area contributed by atoms with Crippen LogP contribution in [0.1, 0.15) is 22.8 Å². The zero-order valence-corrected chi connectivity index (χ0v) is 14.6. The second kappa shape index (κ2) is 9.36. The molecule has 0 bridgehead atoms. The van der Waals surface area contributed by atoms with Gasteiger partial charge in [-0.15, -0.1) is 0 Å². The van der Waals surface area contributed by atoms with E-state index in [0.29, 0.717) is 23.6 Å². The Morgan fingerprint density at radius 3 is 2.50 bits per heavy atom. The molecule has 0 saturated carbocycles. The third-order valence-electron chi connectivity index (χ3n) is 3.48. The number of hydrogen-bond acceptors (Lipinski definition) is 4. The van der Waals surface area contributed by atoms with Crippen LogP contribution in [0.4, 0.5) is 4.39 Å². The Morgan fingerprint density at radius 2 is 1.85 bits per heavy atom. The van der Waals surface area contributed by atoms with Crippen LogP contribution in [0.25, 0.3) is 6.08 Å². The quantitative estimate of drug-likeness (QED) is 0.582. The number of ether oxygens (including phenoxy) is 2. The van der Waals surface area contributed by atoms with E-state index < -0.39 is 5.82 Å². The highest BCUT2D eigenvalue weighted by molar-refractivity contribution is 6.06. The van der Waals surface area contributed by atoms with Crippen molar-refractivity contribution < 1.29 is 23.5 Å². The van der Waals surface area contributed by atoms with E-state index in [-0.39, 0.29) is 18.3 Å². The maximum Gasteiger partial charge on any atom is 0.257 e. The summed E-state index contributed by atoms with van der Waals surface area (Å²) in [4.78, 5) is 23.5. The summed E-state index contributed by atoms with van der Waals surface area (Å²) >= 11 is 0. The number of carbonyl (C=O) groups is 2. The first kappa shape index (κ1) is 19.2. The van der Waals surface area contributed by atoms with E-state index >= 15 is 0 Å². The summed E-state index contributed by atoms with van der Waals surface area (Å²) in [6.07, 6.45) is 3.03. The molecule has 0 fully saturated rings. The largest absolute Gasteiger partial charge is 0.493 e. The minimum absolute atomic E-state index is 0.109. The van der Waals surface area contributed by atoms with Gasteiger partial charge in [0.2, 0.25) is 0 Å². The summed E-state index contributed by atoms with van der Waals surface area (Å²) in [6, 6.07) is 10.4. The lowest BCUT2D eigenvalue weighted by Crippen LogP contribution is -2.28. The maximum absolute atomic E-state index is 12.9. The smallest absolute Gasteiger partial charge is 0.257 e. The number of allylic oxidation sites excluding steroid dienone is 1. The number of hydrogen-bond donors (Lipinski definition) is 1. The molecular formula is C20H20FNO4. The van der Waals surface area contributed by atoms with Crippen LogP contribution >= 0.6 is 0 Å². The van der Waals surface area contributed by atoms with Gasteiger partial charge < -0.3 is 14.8 Å². The summed E-state index contributed by atoms with van der Waals surface area (Å²) in [6.45, 7) is 2.25. The fraction of sp³-hybridized carbons (Fsp3) is 0.200. The van der Waals surface area contributed by atoms with Gasteiger partial charge >= 0.3 is 0 Å². The Kier molecular flexibility index (Phi) is 6.91. The van der Waals surface area contributed by atoms with Crippen molar-refractivity contribution in [1.29, 1.82) is 0 Å². The van der Waals surface area contributed by atoms with Crippen LogP contribution in [0.3, 0.4) is 0 Å². The molecule has 0 radical (unpaired) electrons. The van der Waals surface area contributed by atoms with Gasteiger partial charge in [-0.1, -0.05) is 12.1 Å². The number of ketones is 1. The van der Waals surface area contributed by atoms with Crippen molar-refractivity contribution in [2.75, 3.05) is 20.3 Å². The minimum atomic E-state index is -0.390. The Morgan fingerprint density at radius 1 is 1.12 bits per heavy atom. The average Bonchev–Trinajstić information content (AvgIpc) is 2.65. The standard InChI is InChI=1S/C20H20FNO4/c1-3-22-20(24)13-26-18-11-5-14(12-19(18)25-2)4-10-17(23)15-6-8-16(21)9-7-15/h4-12H,3,13H2,1-2H3,(H,22,24)/b10-4+. The normalized spacial score (nSPS) is 10.6. The molecule has 136 valence electrons. The van der Waals surface area contributed by atoms with Crippen molar-refractivity contribution in [1.82, 2.24) is 5.32 Å². The Labute approximate surface area is 151 Å². The molecule has 0 heterocycles. The van der Waals surface area contributed by atoms with Crippen molar-refractivity contribution in [2.24, 2.45) is 0 Å². The van der Waals surface area contributed by atoms with E-state index in [9.17, 15) is 14.0 Å². The molecule has 2 rings (SSSR count). The number of halogens is 1. The number of nitrogens with one attached hydrogen (secondary N) is 1. The summed E-state index contributed by atoms with van der Waals surface area (Å²) in [7, 11) is 1.49. The van der Waals surface area contributed by atoms with Crippen LogP contribution in [-0.2, 0) is 4.79 Å². The molecule has 0 spiro atoms. The predicted octanol–water partition coefficient (Wildman–Crippen LogP) is 3.25. The highest BCUT2D eigenvalue weighted by Crippen LogP contribution is 2.28. The third-order valence-corrected chi connectivity index (χ3v) is 3.48. The van der Waals surface area contributed by atoms with Crippen LogP contribution in [0.2, 0.25) is 0 Å². The molecule has 0 aliphatic heterocycles. The van der Waals surface area contributed by atoms with Gasteiger partial charge in [-0.25, -0.2) is 4.39 Å². The first-order valence-electron chi connectivity index (χ1n) is 8.09. The van der Waals surface area contributed by atoms with E-state index in [0.717, 1.165) is 5.56 Å². The number of carbonyl (C=O) groups excluding carboxylic acids is 2. The molecule has 0 saturated heterocycles. The molecule has 26 heavy (non-hydrogen) atoms. The Bertz CT molecular complexity index is 800. The van der Waals surface area contributed by atoms with E-state index in [4.69, 9.17) is 9.47 Å². The minimum Gasteiger partial charge on any atom is -0.493 e. The summed E-state index contributed by atoms with van der Waals surface area (Å²) in [5, 5.41) is 2.64. The number of amides is 1. The van der Waals surface area contributed by atoms with Gasteiger partial charge in [0.1, 0.15) is 5.82 Å². The van der Waals surface area contributed by atoms with Crippen molar-refractivity contribution in [3.63, 3.8) is 0 Å². The van der Waals surface area contributed by atoms with Crippen LogP contribution in [-0.4, -0.2) is 32.0 Å². The number of benzene rings is 2. The molecule has 1 amide bonds. The van der Waals surface area contributed by atoms with E-state index in [1.807, 2.05) is 6.92 Å². The maximum atomic E-state index is 12.9. The molecule has 1 N–H and O–H groups in total. The summed E-state index contributed by atoms with van der Waals surface area (Å²) in [5.41, 5.74) is 1.12. The number of rotatable bonds is 8. The Balaban J connectivity index is 2.07. The zero-order valence-electron chi connectivity index (χ0n) is 14.6. The summed E-state index contributed by atoms with van der Waals surface area (Å²) < 4.78 is 23.6. The average molecular weight is 357 g/mol. The molecule has 2 aromatic carbocycles. The first-order valence-corrected chi connectivity index (χ1v) is 8.09. The number of likely N-dealkylation sites (N-methyl/N-ethyl adjacent to an activating group) is 1. The van der Waals surface area contributed by atoms with Gasteiger partial charge in [-0.2, -0.15) is 0 Å². The van der Waals surface area contributed by atoms with Gasteiger partial charge in [0, 0.05) is 12.1 Å². The molecule has 0 unspecified atom stereocenters. The van der Waals surface area contributed by atoms with E-state index in [2.05, 4.69) is 5.32 Å². The molecular weight excluding hydrogens is 337 g/mol. The van der Waals surface area contributed by atoms with Gasteiger partial charge in [0.25, 0.3) is 5.91 Å². The first-order chi connectivity index (χ1) is 12.5. The van der Waals surface area contributed by atoms with Crippen LogP contribution in [0, 0.1) is 5.82 Å². The van der Waals surface area contributed by atoms with Crippen LogP contribution in [0.5, 0.6) is 11.5 Å². The topological polar surface area (TPSA) is 64.6 Å². The molecule has 6 heteroatoms. The van der Waals surface area contributed by atoms with Gasteiger partial charge in [0.15, 0.2) is 23.9 Å². The van der Waals surface area contributed by atoms with Gasteiger partial charge in [0.05, 0.1) is 7.11 Å². The molecule has 0 aliphatic carbocycles. The SMILES string of the molecule is CCNC(=O)COc1ccc(/C=C/C(=O)c2ccc(F)cc2)cc1OC. The predicted molar refractivity (Wildman–Crippen MR) is 96.9 cm³/mol. The molecule has 2 aromatic rings. The van der Waals surface area contributed by atoms with Crippen LogP contribution < -0.4 is 14.8 Å². The highest BCUT2D eigenvalue weighted by Gasteiger charge is 2.08. The zero-order chi connectivity index (χ0) is 18.9. The van der Waals surface area contributed by atoms with E-state index in [1.54, 1.807) is 24.3 Å². The van der Waals surface area contributed by atoms with Crippen molar-refractivity contribution in [3.8, 4) is 11.5 Å². The third kappa shape index (κ3) is 5.44. The van der Waals surface area contributed by atoms with Crippen molar-refractivity contribution in [3.05, 3.63) is 65.5 Å². The van der Waals surface area contributed by atoms with Gasteiger partial charge in [-0.3, -0.25) is 9.59 Å². The van der Waals surface area contributed by atoms with Crippen molar-refractivity contribution in [2.45, 2.75) is 6.92 Å². The van der Waals surface area contributed by atoms with Gasteiger partial charge in [-0.05, 0) is 55.0 Å².